The molecule has 2 aliphatic heterocycles. The Morgan fingerprint density at radius 1 is 1.48 bits per heavy atom. The van der Waals surface area contributed by atoms with Crippen molar-refractivity contribution in [2.75, 3.05) is 31.8 Å². The first kappa shape index (κ1) is 15.1. The fourth-order valence-corrected chi connectivity index (χ4v) is 4.40. The maximum atomic E-state index is 5.84. The summed E-state index contributed by atoms with van der Waals surface area (Å²) >= 11 is 2.06. The van der Waals surface area contributed by atoms with E-state index in [4.69, 9.17) is 9.47 Å². The summed E-state index contributed by atoms with van der Waals surface area (Å²) in [6.07, 6.45) is 5.87. The maximum absolute atomic E-state index is 5.84. The van der Waals surface area contributed by atoms with Gasteiger partial charge in [-0.25, -0.2) is 4.98 Å². The largest absolute Gasteiger partial charge is 0.481 e. The molecule has 1 aromatic rings. The molecule has 0 N–H and O–H groups in total. The van der Waals surface area contributed by atoms with Crippen molar-refractivity contribution < 1.29 is 9.47 Å². The van der Waals surface area contributed by atoms with Crippen molar-refractivity contribution in [1.29, 1.82) is 0 Å². The molecule has 3 rings (SSSR count). The van der Waals surface area contributed by atoms with E-state index in [2.05, 4.69) is 27.7 Å². The number of rotatable bonds is 6. The van der Waals surface area contributed by atoms with Gasteiger partial charge in [0.2, 0.25) is 5.88 Å². The van der Waals surface area contributed by atoms with Crippen LogP contribution in [-0.2, 0) is 11.3 Å². The molecule has 0 bridgehead atoms. The van der Waals surface area contributed by atoms with E-state index in [0.29, 0.717) is 12.1 Å². The number of ether oxygens (including phenoxy) is 2. The summed E-state index contributed by atoms with van der Waals surface area (Å²) in [6, 6.07) is 4.77. The van der Waals surface area contributed by atoms with Crippen LogP contribution in [-0.4, -0.2) is 53.8 Å². The van der Waals surface area contributed by atoms with E-state index in [-0.39, 0.29) is 0 Å². The second kappa shape index (κ2) is 7.47. The first-order valence-corrected chi connectivity index (χ1v) is 8.93. The summed E-state index contributed by atoms with van der Waals surface area (Å²) in [4.78, 5) is 6.90. The van der Waals surface area contributed by atoms with Gasteiger partial charge in [0.05, 0.1) is 13.2 Å². The van der Waals surface area contributed by atoms with Crippen LogP contribution in [0.4, 0.5) is 0 Å². The van der Waals surface area contributed by atoms with Gasteiger partial charge in [-0.1, -0.05) is 6.07 Å². The monoisotopic (exact) mass is 308 g/mol. The van der Waals surface area contributed by atoms with E-state index >= 15 is 0 Å². The van der Waals surface area contributed by atoms with Crippen LogP contribution in [0.25, 0.3) is 0 Å². The third kappa shape index (κ3) is 3.90. The molecule has 0 saturated carbocycles. The highest BCUT2D eigenvalue weighted by Gasteiger charge is 2.28. The topological polar surface area (TPSA) is 34.6 Å². The fraction of sp³-hybridized carbons (Fsp3) is 0.688. The molecule has 0 spiro atoms. The van der Waals surface area contributed by atoms with Gasteiger partial charge in [0, 0.05) is 43.3 Å². The van der Waals surface area contributed by atoms with E-state index in [1.165, 1.54) is 36.3 Å². The second-order valence-electron chi connectivity index (χ2n) is 5.75. The summed E-state index contributed by atoms with van der Waals surface area (Å²) in [7, 11) is 1.70. The van der Waals surface area contributed by atoms with Crippen LogP contribution in [0.2, 0.25) is 0 Å². The Morgan fingerprint density at radius 3 is 3.14 bits per heavy atom. The van der Waals surface area contributed by atoms with Gasteiger partial charge in [0.1, 0.15) is 0 Å². The van der Waals surface area contributed by atoms with E-state index in [9.17, 15) is 0 Å². The highest BCUT2D eigenvalue weighted by atomic mass is 32.2. The molecule has 5 heteroatoms. The Hall–Kier alpha value is -0.780. The molecule has 21 heavy (non-hydrogen) atoms. The number of thioether (sulfide) groups is 1. The van der Waals surface area contributed by atoms with Crippen molar-refractivity contribution in [3.8, 4) is 5.88 Å². The minimum Gasteiger partial charge on any atom is -0.481 e. The van der Waals surface area contributed by atoms with Crippen molar-refractivity contribution in [1.82, 2.24) is 9.88 Å². The molecule has 0 aromatic carbocycles. The summed E-state index contributed by atoms with van der Waals surface area (Å²) in [5.74, 6) is 3.26. The van der Waals surface area contributed by atoms with Crippen LogP contribution in [0, 0.1) is 0 Å². The number of hydrogen-bond donors (Lipinski definition) is 0. The lowest BCUT2D eigenvalue weighted by Gasteiger charge is -2.30. The van der Waals surface area contributed by atoms with Crippen molar-refractivity contribution in [2.45, 2.75) is 38.0 Å². The van der Waals surface area contributed by atoms with E-state index in [1.807, 2.05) is 6.07 Å². The van der Waals surface area contributed by atoms with Gasteiger partial charge in [0.25, 0.3) is 0 Å². The lowest BCUT2D eigenvalue weighted by atomic mass is 10.1. The molecule has 2 fully saturated rings. The van der Waals surface area contributed by atoms with Crippen LogP contribution in [0.1, 0.15) is 24.8 Å². The van der Waals surface area contributed by atoms with E-state index in [0.717, 1.165) is 25.6 Å². The van der Waals surface area contributed by atoms with Crippen molar-refractivity contribution in [3.63, 3.8) is 0 Å². The standard InChI is InChI=1S/C16H24N2O2S/c1-19-16-13(4-2-7-17-16)10-18(14-6-9-21-12-14)11-15-5-3-8-20-15/h2,4,7,14-15H,3,5-6,8-12H2,1H3/t14-,15+/m1/s1. The van der Waals surface area contributed by atoms with Gasteiger partial charge in [-0.05, 0) is 31.1 Å². The zero-order valence-corrected chi connectivity index (χ0v) is 13.5. The molecule has 0 radical (unpaired) electrons. The zero-order valence-electron chi connectivity index (χ0n) is 12.7. The lowest BCUT2D eigenvalue weighted by molar-refractivity contribution is 0.0571. The van der Waals surface area contributed by atoms with Gasteiger partial charge in [0.15, 0.2) is 0 Å². The van der Waals surface area contributed by atoms with Crippen LogP contribution >= 0.6 is 11.8 Å². The normalized spacial score (nSPS) is 25.6. The predicted octanol–water partition coefficient (Wildman–Crippen LogP) is 2.58. The average molecular weight is 308 g/mol. The minimum absolute atomic E-state index is 0.401. The molecular formula is C16H24N2O2S. The third-order valence-corrected chi connectivity index (χ3v) is 5.45. The molecule has 2 saturated heterocycles. The zero-order chi connectivity index (χ0) is 14.5. The summed E-state index contributed by atoms with van der Waals surface area (Å²) in [6.45, 7) is 2.86. The Morgan fingerprint density at radius 2 is 2.43 bits per heavy atom. The molecule has 2 aliphatic rings. The molecule has 0 amide bonds. The highest BCUT2D eigenvalue weighted by molar-refractivity contribution is 7.99. The van der Waals surface area contributed by atoms with Crippen LogP contribution < -0.4 is 4.74 Å². The Kier molecular flexibility index (Phi) is 5.38. The number of nitrogens with zero attached hydrogens (tertiary/aromatic N) is 2. The quantitative estimate of drug-likeness (QED) is 0.807. The van der Waals surface area contributed by atoms with E-state index in [1.54, 1.807) is 13.3 Å². The van der Waals surface area contributed by atoms with Crippen LogP contribution in [0.15, 0.2) is 18.3 Å². The Labute approximate surface area is 131 Å². The number of hydrogen-bond acceptors (Lipinski definition) is 5. The number of methoxy groups -OCH3 is 1. The third-order valence-electron chi connectivity index (χ3n) is 4.30. The highest BCUT2D eigenvalue weighted by Crippen LogP contribution is 2.27. The first-order chi connectivity index (χ1) is 10.4. The summed E-state index contributed by atoms with van der Waals surface area (Å²) in [5.41, 5.74) is 1.18. The first-order valence-electron chi connectivity index (χ1n) is 7.78. The van der Waals surface area contributed by atoms with Gasteiger partial charge < -0.3 is 9.47 Å². The summed E-state index contributed by atoms with van der Waals surface area (Å²) < 4.78 is 11.2. The van der Waals surface area contributed by atoms with Gasteiger partial charge in [-0.3, -0.25) is 4.90 Å². The minimum atomic E-state index is 0.401. The van der Waals surface area contributed by atoms with Gasteiger partial charge in [-0.2, -0.15) is 11.8 Å². The second-order valence-corrected chi connectivity index (χ2v) is 6.90. The SMILES string of the molecule is COc1ncccc1CN(C[C@@H]1CCCO1)[C@@H]1CCSC1. The molecule has 2 atom stereocenters. The smallest absolute Gasteiger partial charge is 0.217 e. The Bertz CT molecular complexity index is 446. The molecule has 1 aromatic heterocycles. The molecule has 0 aliphatic carbocycles. The van der Waals surface area contributed by atoms with E-state index < -0.39 is 0 Å². The fourth-order valence-electron chi connectivity index (χ4n) is 3.15. The molecule has 0 unspecified atom stereocenters. The number of pyridine rings is 1. The van der Waals surface area contributed by atoms with Gasteiger partial charge in [-0.15, -0.1) is 0 Å². The van der Waals surface area contributed by atoms with Crippen molar-refractivity contribution >= 4 is 11.8 Å². The predicted molar refractivity (Wildman–Crippen MR) is 85.9 cm³/mol. The van der Waals surface area contributed by atoms with Crippen molar-refractivity contribution in [2.24, 2.45) is 0 Å². The van der Waals surface area contributed by atoms with Gasteiger partial charge >= 0.3 is 0 Å². The Balaban J connectivity index is 1.71. The molecule has 116 valence electrons. The average Bonchev–Trinajstić information content (AvgIpc) is 3.20. The maximum Gasteiger partial charge on any atom is 0.217 e. The lowest BCUT2D eigenvalue weighted by Crippen LogP contribution is -2.40. The summed E-state index contributed by atoms with van der Waals surface area (Å²) in [5, 5.41) is 0. The molecule has 3 heterocycles. The molecular weight excluding hydrogens is 284 g/mol. The van der Waals surface area contributed by atoms with Crippen molar-refractivity contribution in [3.05, 3.63) is 23.9 Å². The molecule has 4 nitrogen and oxygen atoms in total. The van der Waals surface area contributed by atoms with Crippen LogP contribution in [0.5, 0.6) is 5.88 Å². The van der Waals surface area contributed by atoms with Crippen LogP contribution in [0.3, 0.4) is 0 Å². The number of aromatic nitrogens is 1.